The number of rotatable bonds is 12. The molecule has 9 heteroatoms. The second-order valence-electron chi connectivity index (χ2n) is 13.8. The quantitative estimate of drug-likeness (QED) is 0.269. The molecule has 3 aliphatic carbocycles. The maximum Gasteiger partial charge on any atom is 0.289 e. The Bertz CT molecular complexity index is 1400. The molecule has 2 aromatic carbocycles. The first-order valence-corrected chi connectivity index (χ1v) is 16.4. The molecule has 2 unspecified atom stereocenters. The molecule has 45 heavy (non-hydrogen) atoms. The second kappa shape index (κ2) is 14.0. The number of carbonyl (C=O) groups excluding carboxylic acids is 5. The Labute approximate surface area is 265 Å². The monoisotopic (exact) mass is 614 g/mol. The van der Waals surface area contributed by atoms with Gasteiger partial charge in [-0.15, -0.1) is 0 Å². The number of Topliss-reactive ketones (excluding diaryl/α,β-unsaturated/α-hetero) is 1. The zero-order valence-corrected chi connectivity index (χ0v) is 26.5. The van der Waals surface area contributed by atoms with Crippen molar-refractivity contribution >= 4 is 29.4 Å². The fraction of sp³-hybridized carbons (Fsp3) is 0.528. The highest BCUT2D eigenvalue weighted by atomic mass is 16.2. The zero-order chi connectivity index (χ0) is 32.1. The van der Waals surface area contributed by atoms with Crippen LogP contribution < -0.4 is 21.3 Å². The summed E-state index contributed by atoms with van der Waals surface area (Å²) in [4.78, 5) is 66.7. The van der Waals surface area contributed by atoms with Gasteiger partial charge in [0.2, 0.25) is 17.6 Å². The second-order valence-corrected chi connectivity index (χ2v) is 13.8. The van der Waals surface area contributed by atoms with Crippen molar-refractivity contribution < 1.29 is 24.0 Å². The summed E-state index contributed by atoms with van der Waals surface area (Å²) in [6.07, 6.45) is 7.18. The Morgan fingerprint density at radius 3 is 2.16 bits per heavy atom. The smallest absolute Gasteiger partial charge is 0.289 e. The Kier molecular flexibility index (Phi) is 10.0. The third-order valence-electron chi connectivity index (χ3n) is 10.3. The van der Waals surface area contributed by atoms with Crippen molar-refractivity contribution in [3.05, 3.63) is 71.8 Å². The average molecular weight is 615 g/mol. The summed E-state index contributed by atoms with van der Waals surface area (Å²) in [5, 5.41) is 11.3. The van der Waals surface area contributed by atoms with Crippen LogP contribution in [0.4, 0.5) is 0 Å². The Balaban J connectivity index is 1.27. The van der Waals surface area contributed by atoms with E-state index in [0.29, 0.717) is 23.3 Å². The van der Waals surface area contributed by atoms with Crippen LogP contribution in [0.15, 0.2) is 60.7 Å². The van der Waals surface area contributed by atoms with Crippen LogP contribution in [0.2, 0.25) is 0 Å². The highest BCUT2D eigenvalue weighted by Gasteiger charge is 2.55. The van der Waals surface area contributed by atoms with E-state index in [2.05, 4.69) is 21.3 Å². The molecule has 2 aromatic rings. The molecule has 0 saturated heterocycles. The van der Waals surface area contributed by atoms with E-state index in [4.69, 9.17) is 0 Å². The summed E-state index contributed by atoms with van der Waals surface area (Å²) >= 11 is 0. The number of carbonyl (C=O) groups is 5. The molecule has 0 heterocycles. The Morgan fingerprint density at radius 1 is 0.800 bits per heavy atom. The summed E-state index contributed by atoms with van der Waals surface area (Å²) in [5.74, 6) is -1.37. The molecule has 3 aliphatic rings. The van der Waals surface area contributed by atoms with Gasteiger partial charge in [-0.3, -0.25) is 24.0 Å². The molecule has 3 saturated carbocycles. The minimum Gasteiger partial charge on any atom is -0.345 e. The molecular formula is C36H46N4O5. The first kappa shape index (κ1) is 32.4. The van der Waals surface area contributed by atoms with Gasteiger partial charge in [-0.05, 0) is 80.4 Å². The first-order chi connectivity index (χ1) is 21.6. The van der Waals surface area contributed by atoms with Crippen LogP contribution in [0.1, 0.15) is 81.6 Å². The van der Waals surface area contributed by atoms with Crippen molar-refractivity contribution in [1.82, 2.24) is 21.3 Å². The summed E-state index contributed by atoms with van der Waals surface area (Å²) in [7, 11) is 0. The number of ketones is 1. The van der Waals surface area contributed by atoms with E-state index in [9.17, 15) is 24.0 Å². The van der Waals surface area contributed by atoms with Crippen LogP contribution in [0.5, 0.6) is 0 Å². The number of amides is 4. The molecule has 0 aliphatic heterocycles. The van der Waals surface area contributed by atoms with Crippen LogP contribution in [-0.4, -0.2) is 47.5 Å². The van der Waals surface area contributed by atoms with Gasteiger partial charge >= 0.3 is 0 Å². The van der Waals surface area contributed by atoms with Crippen LogP contribution in [0, 0.1) is 29.1 Å². The highest BCUT2D eigenvalue weighted by molar-refractivity contribution is 6.38. The number of fused-ring (bicyclic) bond motifs is 2. The van der Waals surface area contributed by atoms with E-state index in [1.807, 2.05) is 36.4 Å². The molecule has 9 nitrogen and oxygen atoms in total. The predicted molar refractivity (Wildman–Crippen MR) is 171 cm³/mol. The normalized spacial score (nSPS) is 25.4. The van der Waals surface area contributed by atoms with Gasteiger partial charge in [0.1, 0.15) is 12.1 Å². The molecular weight excluding hydrogens is 568 g/mol. The lowest BCUT2D eigenvalue weighted by molar-refractivity contribution is -0.141. The van der Waals surface area contributed by atoms with Crippen molar-refractivity contribution in [3.8, 4) is 0 Å². The van der Waals surface area contributed by atoms with E-state index >= 15 is 0 Å². The zero-order valence-electron chi connectivity index (χ0n) is 26.5. The molecule has 7 atom stereocenters. The van der Waals surface area contributed by atoms with E-state index in [1.54, 1.807) is 45.0 Å². The topological polar surface area (TPSA) is 133 Å². The van der Waals surface area contributed by atoms with E-state index in [1.165, 1.54) is 12.8 Å². The van der Waals surface area contributed by atoms with Gasteiger partial charge < -0.3 is 21.3 Å². The summed E-state index contributed by atoms with van der Waals surface area (Å²) < 4.78 is 0. The van der Waals surface area contributed by atoms with E-state index in [0.717, 1.165) is 37.7 Å². The van der Waals surface area contributed by atoms with Crippen molar-refractivity contribution in [2.24, 2.45) is 29.1 Å². The fourth-order valence-electron chi connectivity index (χ4n) is 8.07. The van der Waals surface area contributed by atoms with Crippen LogP contribution in [-0.2, 0) is 25.7 Å². The van der Waals surface area contributed by atoms with Crippen LogP contribution in [0.25, 0.3) is 0 Å². The van der Waals surface area contributed by atoms with Crippen molar-refractivity contribution in [3.63, 3.8) is 0 Å². The first-order valence-electron chi connectivity index (χ1n) is 16.4. The maximum absolute atomic E-state index is 14.1. The van der Waals surface area contributed by atoms with Gasteiger partial charge in [0.25, 0.3) is 11.8 Å². The summed E-state index contributed by atoms with van der Waals surface area (Å²) in [5.41, 5.74) is 0.951. The minimum absolute atomic E-state index is 0.191. The number of benzene rings is 2. The van der Waals surface area contributed by atoms with Crippen LogP contribution in [0.3, 0.4) is 0 Å². The predicted octanol–water partition coefficient (Wildman–Crippen LogP) is 3.92. The average Bonchev–Trinajstić information content (AvgIpc) is 3.26. The van der Waals surface area contributed by atoms with Gasteiger partial charge in [0, 0.05) is 17.5 Å². The molecule has 5 rings (SSSR count). The van der Waals surface area contributed by atoms with Crippen LogP contribution >= 0.6 is 0 Å². The maximum atomic E-state index is 14.1. The molecule has 3 bridgehead atoms. The molecule has 4 amide bonds. The van der Waals surface area contributed by atoms with Gasteiger partial charge in [0.05, 0.1) is 6.04 Å². The van der Waals surface area contributed by atoms with Crippen molar-refractivity contribution in [1.29, 1.82) is 0 Å². The van der Waals surface area contributed by atoms with Gasteiger partial charge in [0.15, 0.2) is 0 Å². The standard InChI is InChI=1S/C36H46N4O5/c1-22(2)29(30(41)34(44)37-21-24-11-6-4-7-12-24)39-32(42)23(3)38-35(45)31(40-33(43)26-13-8-5-9-14-26)36-16-10-15-27-17-25(19-36)18-28(27)20-36/h4-9,11-14,22-23,25,27-29,31H,10,15-21H2,1-3H3,(H,37,44)(H,38,45)(H,39,42)(H,40,43)/t23-,25-,27-,28?,29-,31+,36?/m0/s1. The SMILES string of the molecule is CC(C)[C@H](NC(=O)[C@H](C)NC(=O)[C@@H](NC(=O)c1ccccc1)C12CCC[C@H]3C[C@@H](CC3C1)C2)C(=O)C(=O)NCc1ccccc1. The largest absolute Gasteiger partial charge is 0.345 e. The minimum atomic E-state index is -1.06. The third-order valence-corrected chi connectivity index (χ3v) is 10.3. The van der Waals surface area contributed by atoms with Gasteiger partial charge in [-0.2, -0.15) is 0 Å². The number of nitrogens with one attached hydrogen (secondary N) is 4. The lowest BCUT2D eigenvalue weighted by Gasteiger charge is -2.45. The third kappa shape index (κ3) is 7.45. The summed E-state index contributed by atoms with van der Waals surface area (Å²) in [6, 6.07) is 15.3. The van der Waals surface area contributed by atoms with Gasteiger partial charge in [-0.25, -0.2) is 0 Å². The highest BCUT2D eigenvalue weighted by Crippen LogP contribution is 2.60. The molecule has 4 N–H and O–H groups in total. The molecule has 0 spiro atoms. The summed E-state index contributed by atoms with van der Waals surface area (Å²) in [6.45, 7) is 5.26. The number of hydrogen-bond acceptors (Lipinski definition) is 5. The number of hydrogen-bond donors (Lipinski definition) is 4. The van der Waals surface area contributed by atoms with Gasteiger partial charge in [-0.1, -0.05) is 75.2 Å². The Morgan fingerprint density at radius 2 is 1.47 bits per heavy atom. The van der Waals surface area contributed by atoms with E-state index < -0.39 is 41.6 Å². The van der Waals surface area contributed by atoms with Crippen molar-refractivity contribution in [2.75, 3.05) is 0 Å². The lowest BCUT2D eigenvalue weighted by atomic mass is 9.63. The molecule has 0 aromatic heterocycles. The molecule has 240 valence electrons. The van der Waals surface area contributed by atoms with E-state index in [-0.39, 0.29) is 23.8 Å². The molecule has 3 fully saturated rings. The fourth-order valence-corrected chi connectivity index (χ4v) is 8.07. The van der Waals surface area contributed by atoms with Crippen molar-refractivity contribution in [2.45, 2.75) is 90.4 Å². The molecule has 0 radical (unpaired) electrons. The lowest BCUT2D eigenvalue weighted by Crippen LogP contribution is -2.61. The Hall–Kier alpha value is -4.01.